The zero-order valence-corrected chi connectivity index (χ0v) is 13.0. The molecular weight excluding hydrogens is 306 g/mol. The minimum atomic E-state index is -0.560. The number of carbonyl (C=O) groups is 1. The Balaban J connectivity index is 1.87. The molecule has 1 aromatic heterocycles. The van der Waals surface area contributed by atoms with E-state index in [1.807, 2.05) is 30.3 Å². The summed E-state index contributed by atoms with van der Waals surface area (Å²) in [6, 6.07) is 17.4. The van der Waals surface area contributed by atoms with Gasteiger partial charge in [0.25, 0.3) is 5.91 Å². The van der Waals surface area contributed by atoms with E-state index >= 15 is 0 Å². The maximum atomic E-state index is 12.4. The Bertz CT molecular complexity index is 903. The summed E-state index contributed by atoms with van der Waals surface area (Å²) >= 11 is 0. The number of nitrogens with one attached hydrogen (secondary N) is 1. The molecule has 2 aromatic carbocycles. The summed E-state index contributed by atoms with van der Waals surface area (Å²) in [5.41, 5.74) is 0.707. The molecule has 3 rings (SSSR count). The maximum Gasteiger partial charge on any atom is 0.280 e. The van der Waals surface area contributed by atoms with E-state index in [-0.39, 0.29) is 5.69 Å². The second-order valence-corrected chi connectivity index (χ2v) is 4.99. The number of anilines is 1. The Morgan fingerprint density at radius 1 is 1.04 bits per heavy atom. The Morgan fingerprint density at radius 2 is 1.75 bits per heavy atom. The highest BCUT2D eigenvalue weighted by Gasteiger charge is 2.13. The maximum absolute atomic E-state index is 12.4. The average Bonchev–Trinajstić information content (AvgIpc) is 2.63. The van der Waals surface area contributed by atoms with Crippen LogP contribution in [0.4, 0.5) is 5.69 Å². The van der Waals surface area contributed by atoms with Crippen LogP contribution in [0, 0.1) is 0 Å². The molecular formula is C18H15N3O3. The summed E-state index contributed by atoms with van der Waals surface area (Å²) in [5, 5.41) is 6.80. The van der Waals surface area contributed by atoms with Gasteiger partial charge in [0.1, 0.15) is 5.75 Å². The molecule has 1 N–H and O–H groups in total. The van der Waals surface area contributed by atoms with E-state index in [1.165, 1.54) is 16.9 Å². The SMILES string of the molecule is COc1ccc(NC(=O)c2nn(-c3ccccc3)ccc2=O)cc1. The Hall–Kier alpha value is -3.41. The zero-order chi connectivity index (χ0) is 16.9. The summed E-state index contributed by atoms with van der Waals surface area (Å²) in [4.78, 5) is 24.3. The first-order chi connectivity index (χ1) is 11.7. The monoisotopic (exact) mass is 321 g/mol. The van der Waals surface area contributed by atoms with E-state index in [4.69, 9.17) is 4.74 Å². The third-order valence-electron chi connectivity index (χ3n) is 3.39. The van der Waals surface area contributed by atoms with Crippen LogP contribution < -0.4 is 15.5 Å². The van der Waals surface area contributed by atoms with Crippen LogP contribution in [0.15, 0.2) is 71.7 Å². The first-order valence-corrected chi connectivity index (χ1v) is 7.28. The number of para-hydroxylation sites is 1. The van der Waals surface area contributed by atoms with Gasteiger partial charge in [-0.05, 0) is 36.4 Å². The zero-order valence-electron chi connectivity index (χ0n) is 13.0. The predicted octanol–water partition coefficient (Wildman–Crippen LogP) is 2.49. The van der Waals surface area contributed by atoms with Crippen molar-refractivity contribution < 1.29 is 9.53 Å². The van der Waals surface area contributed by atoms with E-state index in [2.05, 4.69) is 10.4 Å². The molecule has 0 saturated carbocycles. The van der Waals surface area contributed by atoms with Crippen molar-refractivity contribution in [3.05, 3.63) is 82.8 Å². The highest BCUT2D eigenvalue weighted by molar-refractivity contribution is 6.02. The number of methoxy groups -OCH3 is 1. The van der Waals surface area contributed by atoms with Gasteiger partial charge in [-0.2, -0.15) is 5.10 Å². The number of ether oxygens (including phenoxy) is 1. The number of rotatable bonds is 4. The molecule has 0 unspecified atom stereocenters. The van der Waals surface area contributed by atoms with Crippen molar-refractivity contribution in [3.8, 4) is 11.4 Å². The Kier molecular flexibility index (Phi) is 4.38. The van der Waals surface area contributed by atoms with E-state index in [1.54, 1.807) is 31.4 Å². The molecule has 0 aliphatic rings. The van der Waals surface area contributed by atoms with Crippen molar-refractivity contribution in [3.63, 3.8) is 0 Å². The topological polar surface area (TPSA) is 73.2 Å². The molecule has 0 aliphatic heterocycles. The highest BCUT2D eigenvalue weighted by atomic mass is 16.5. The van der Waals surface area contributed by atoms with Crippen LogP contribution in [0.1, 0.15) is 10.5 Å². The molecule has 6 heteroatoms. The number of hydrogen-bond donors (Lipinski definition) is 1. The lowest BCUT2D eigenvalue weighted by atomic mass is 10.2. The van der Waals surface area contributed by atoms with Gasteiger partial charge < -0.3 is 10.1 Å². The molecule has 0 bridgehead atoms. The number of benzene rings is 2. The average molecular weight is 321 g/mol. The van der Waals surface area contributed by atoms with Gasteiger partial charge in [0.05, 0.1) is 12.8 Å². The molecule has 0 saturated heterocycles. The number of carbonyl (C=O) groups excluding carboxylic acids is 1. The summed E-state index contributed by atoms with van der Waals surface area (Å²) in [5.74, 6) is 0.118. The fourth-order valence-corrected chi connectivity index (χ4v) is 2.15. The van der Waals surface area contributed by atoms with Crippen LogP contribution in [0.25, 0.3) is 5.69 Å². The number of hydrogen-bond acceptors (Lipinski definition) is 4. The van der Waals surface area contributed by atoms with Crippen molar-refractivity contribution in [1.82, 2.24) is 9.78 Å². The quantitative estimate of drug-likeness (QED) is 0.801. The van der Waals surface area contributed by atoms with Gasteiger partial charge in [-0.1, -0.05) is 18.2 Å². The first kappa shape index (κ1) is 15.5. The standard InChI is InChI=1S/C18H15N3O3/c1-24-15-9-7-13(8-10-15)19-18(23)17-16(22)11-12-21(20-17)14-5-3-2-4-6-14/h2-12H,1H3,(H,19,23). The molecule has 0 fully saturated rings. The first-order valence-electron chi connectivity index (χ1n) is 7.28. The summed E-state index contributed by atoms with van der Waals surface area (Å²) in [6.45, 7) is 0. The molecule has 24 heavy (non-hydrogen) atoms. The van der Waals surface area contributed by atoms with Gasteiger partial charge in [-0.15, -0.1) is 0 Å². The highest BCUT2D eigenvalue weighted by Crippen LogP contribution is 2.15. The van der Waals surface area contributed by atoms with Gasteiger partial charge in [-0.3, -0.25) is 9.59 Å². The fraction of sp³-hybridized carbons (Fsp3) is 0.0556. The summed E-state index contributed by atoms with van der Waals surface area (Å²) in [6.07, 6.45) is 1.53. The van der Waals surface area contributed by atoms with Gasteiger partial charge in [0, 0.05) is 18.0 Å². The molecule has 0 radical (unpaired) electrons. The second kappa shape index (κ2) is 6.78. The van der Waals surface area contributed by atoms with Crippen LogP contribution in [0.2, 0.25) is 0 Å². The van der Waals surface area contributed by atoms with Crippen molar-refractivity contribution in [2.24, 2.45) is 0 Å². The van der Waals surface area contributed by atoms with Crippen molar-refractivity contribution in [1.29, 1.82) is 0 Å². The predicted molar refractivity (Wildman–Crippen MR) is 90.8 cm³/mol. The third kappa shape index (κ3) is 3.33. The third-order valence-corrected chi connectivity index (χ3v) is 3.39. The number of amides is 1. The molecule has 120 valence electrons. The smallest absolute Gasteiger partial charge is 0.280 e. The molecule has 1 heterocycles. The van der Waals surface area contributed by atoms with E-state index in [0.717, 1.165) is 5.69 Å². The van der Waals surface area contributed by atoms with E-state index in [9.17, 15) is 9.59 Å². The van der Waals surface area contributed by atoms with Crippen LogP contribution in [-0.2, 0) is 0 Å². The van der Waals surface area contributed by atoms with Gasteiger partial charge >= 0.3 is 0 Å². The number of aromatic nitrogens is 2. The van der Waals surface area contributed by atoms with Crippen LogP contribution in [0.5, 0.6) is 5.75 Å². The van der Waals surface area contributed by atoms with E-state index in [0.29, 0.717) is 11.4 Å². The second-order valence-electron chi connectivity index (χ2n) is 4.99. The summed E-state index contributed by atoms with van der Waals surface area (Å²) < 4.78 is 6.55. The lowest BCUT2D eigenvalue weighted by molar-refractivity contribution is 0.101. The molecule has 3 aromatic rings. The van der Waals surface area contributed by atoms with Crippen LogP contribution >= 0.6 is 0 Å². The Labute approximate surface area is 138 Å². The lowest BCUT2D eigenvalue weighted by Crippen LogP contribution is -2.25. The normalized spacial score (nSPS) is 10.2. The molecule has 0 spiro atoms. The Morgan fingerprint density at radius 3 is 2.42 bits per heavy atom. The molecule has 0 atom stereocenters. The lowest BCUT2D eigenvalue weighted by Gasteiger charge is -2.08. The minimum Gasteiger partial charge on any atom is -0.497 e. The van der Waals surface area contributed by atoms with Crippen molar-refractivity contribution in [2.45, 2.75) is 0 Å². The van der Waals surface area contributed by atoms with Gasteiger partial charge in [-0.25, -0.2) is 4.68 Å². The van der Waals surface area contributed by atoms with Gasteiger partial charge in [0.15, 0.2) is 5.69 Å². The van der Waals surface area contributed by atoms with Crippen molar-refractivity contribution in [2.75, 3.05) is 12.4 Å². The van der Waals surface area contributed by atoms with Crippen LogP contribution in [-0.4, -0.2) is 22.8 Å². The fourth-order valence-electron chi connectivity index (χ4n) is 2.15. The summed E-state index contributed by atoms with van der Waals surface area (Å²) in [7, 11) is 1.56. The van der Waals surface area contributed by atoms with E-state index < -0.39 is 11.3 Å². The largest absolute Gasteiger partial charge is 0.497 e. The molecule has 6 nitrogen and oxygen atoms in total. The molecule has 0 aliphatic carbocycles. The van der Waals surface area contributed by atoms with Crippen molar-refractivity contribution >= 4 is 11.6 Å². The molecule has 1 amide bonds. The minimum absolute atomic E-state index is 0.169. The number of nitrogens with zero attached hydrogens (tertiary/aromatic N) is 2. The van der Waals surface area contributed by atoms with Gasteiger partial charge in [0.2, 0.25) is 5.43 Å². The van der Waals surface area contributed by atoms with Crippen LogP contribution in [0.3, 0.4) is 0 Å².